The molecule has 0 aliphatic carbocycles. The van der Waals surface area contributed by atoms with Gasteiger partial charge in [0.1, 0.15) is 5.56 Å². The topological polar surface area (TPSA) is 74.7 Å². The van der Waals surface area contributed by atoms with Crippen molar-refractivity contribution in [3.8, 4) is 5.88 Å². The van der Waals surface area contributed by atoms with Crippen LogP contribution in [0.4, 0.5) is 0 Å². The summed E-state index contributed by atoms with van der Waals surface area (Å²) in [5, 5.41) is 0.911. The van der Waals surface area contributed by atoms with E-state index in [9.17, 15) is 9.59 Å². The summed E-state index contributed by atoms with van der Waals surface area (Å²) in [6, 6.07) is 7.65. The van der Waals surface area contributed by atoms with Crippen molar-refractivity contribution in [2.24, 2.45) is 0 Å². The molecule has 3 rings (SSSR count). The normalized spacial score (nSPS) is 14.3. The first-order chi connectivity index (χ1) is 11.8. The summed E-state index contributed by atoms with van der Waals surface area (Å²) in [6.45, 7) is 10.8. The highest BCUT2D eigenvalue weighted by Gasteiger charge is 2.35. The lowest BCUT2D eigenvalue weighted by atomic mass is 10.1. The second-order valence-corrected chi connectivity index (χ2v) is 5.88. The maximum atomic E-state index is 11.9. The number of pyridine rings is 1. The molecule has 0 saturated heterocycles. The zero-order chi connectivity index (χ0) is 18.6. The molecule has 0 amide bonds. The Bertz CT molecular complexity index is 826. The summed E-state index contributed by atoms with van der Waals surface area (Å²) in [6.07, 6.45) is 1.14. The summed E-state index contributed by atoms with van der Waals surface area (Å²) in [4.78, 5) is 26.3. The van der Waals surface area contributed by atoms with Crippen LogP contribution in [0.1, 0.15) is 36.7 Å². The molecule has 0 atom stereocenters. The smallest absolute Gasteiger partial charge is 0.346 e. The van der Waals surface area contributed by atoms with Crippen LogP contribution in [-0.4, -0.2) is 29.3 Å². The van der Waals surface area contributed by atoms with Crippen LogP contribution in [0, 0.1) is 6.92 Å². The van der Waals surface area contributed by atoms with Crippen LogP contribution in [0.25, 0.3) is 10.9 Å². The fourth-order valence-electron chi connectivity index (χ4n) is 2.24. The number of carbonyl (C=O) groups is 2. The standard InChI is InChI=1S/C14H13NO3.C5H8O2/c1-8-4-5-11-9(6-8)7-10-12(15-11)17-14(2,3)18-13(10)16;1-3-5(6)7-4-2/h4-7H,1-3H3;3H,1,4H2,2H3. The minimum Gasteiger partial charge on any atom is -0.463 e. The highest BCUT2D eigenvalue weighted by atomic mass is 16.7. The molecule has 0 bridgehead atoms. The first-order valence-corrected chi connectivity index (χ1v) is 7.88. The van der Waals surface area contributed by atoms with Gasteiger partial charge in [-0.05, 0) is 32.0 Å². The van der Waals surface area contributed by atoms with Crippen molar-refractivity contribution in [1.29, 1.82) is 0 Å². The van der Waals surface area contributed by atoms with Gasteiger partial charge in [-0.3, -0.25) is 0 Å². The van der Waals surface area contributed by atoms with Crippen LogP contribution < -0.4 is 4.74 Å². The molecule has 1 aromatic heterocycles. The molecule has 25 heavy (non-hydrogen) atoms. The van der Waals surface area contributed by atoms with Gasteiger partial charge in [0.15, 0.2) is 0 Å². The Labute approximate surface area is 146 Å². The Morgan fingerprint density at radius 3 is 2.64 bits per heavy atom. The number of fused-ring (bicyclic) bond motifs is 2. The maximum Gasteiger partial charge on any atom is 0.346 e. The fraction of sp³-hybridized carbons (Fsp3) is 0.316. The third kappa shape index (κ3) is 4.56. The summed E-state index contributed by atoms with van der Waals surface area (Å²) in [5.74, 6) is -1.37. The van der Waals surface area contributed by atoms with E-state index in [-0.39, 0.29) is 5.97 Å². The number of aromatic nitrogens is 1. The summed E-state index contributed by atoms with van der Waals surface area (Å²) in [7, 11) is 0. The average molecular weight is 343 g/mol. The van der Waals surface area contributed by atoms with E-state index < -0.39 is 11.8 Å². The van der Waals surface area contributed by atoms with Gasteiger partial charge >= 0.3 is 11.9 Å². The van der Waals surface area contributed by atoms with E-state index in [1.807, 2.05) is 25.1 Å². The van der Waals surface area contributed by atoms with Crippen LogP contribution in [0.15, 0.2) is 36.9 Å². The van der Waals surface area contributed by atoms with Crippen LogP contribution >= 0.6 is 0 Å². The molecule has 6 heteroatoms. The first kappa shape index (κ1) is 18.4. The molecule has 6 nitrogen and oxygen atoms in total. The molecule has 0 unspecified atom stereocenters. The van der Waals surface area contributed by atoms with Crippen LogP contribution in [0.3, 0.4) is 0 Å². The van der Waals surface area contributed by atoms with Crippen LogP contribution in [0.5, 0.6) is 5.88 Å². The number of cyclic esters (lactones) is 1. The summed E-state index contributed by atoms with van der Waals surface area (Å²) in [5.41, 5.74) is 2.31. The molecule has 0 saturated carbocycles. The Kier molecular flexibility index (Phi) is 5.41. The molecule has 1 aliphatic heterocycles. The molecule has 1 aromatic carbocycles. The van der Waals surface area contributed by atoms with Crippen molar-refractivity contribution in [3.63, 3.8) is 0 Å². The van der Waals surface area contributed by atoms with E-state index in [1.165, 1.54) is 0 Å². The Balaban J connectivity index is 0.000000277. The predicted molar refractivity (Wildman–Crippen MR) is 93.4 cm³/mol. The lowest BCUT2D eigenvalue weighted by Gasteiger charge is -2.30. The number of ether oxygens (including phenoxy) is 3. The number of esters is 2. The minimum atomic E-state index is -0.963. The second-order valence-electron chi connectivity index (χ2n) is 5.88. The lowest BCUT2D eigenvalue weighted by Crippen LogP contribution is -2.39. The minimum absolute atomic E-state index is 0.340. The van der Waals surface area contributed by atoms with Crippen molar-refractivity contribution >= 4 is 22.8 Å². The van der Waals surface area contributed by atoms with Gasteiger partial charge in [-0.15, -0.1) is 0 Å². The van der Waals surface area contributed by atoms with Crippen molar-refractivity contribution < 1.29 is 23.8 Å². The second kappa shape index (κ2) is 7.34. The highest BCUT2D eigenvalue weighted by Crippen LogP contribution is 2.31. The molecule has 0 fully saturated rings. The van der Waals surface area contributed by atoms with Gasteiger partial charge in [-0.1, -0.05) is 18.2 Å². The number of carbonyl (C=O) groups excluding carboxylic acids is 2. The number of aryl methyl sites for hydroxylation is 1. The largest absolute Gasteiger partial charge is 0.463 e. The quantitative estimate of drug-likeness (QED) is 0.613. The Hall–Kier alpha value is -2.89. The number of hydrogen-bond donors (Lipinski definition) is 0. The molecule has 2 aromatic rings. The van der Waals surface area contributed by atoms with Crippen molar-refractivity contribution in [3.05, 3.63) is 48.0 Å². The van der Waals surface area contributed by atoms with Crippen molar-refractivity contribution in [2.75, 3.05) is 6.61 Å². The summed E-state index contributed by atoms with van der Waals surface area (Å²) >= 11 is 0. The SMILES string of the molecule is C=CC(=O)OCC.Cc1ccc2nc3c(cc2c1)C(=O)OC(C)(C)O3. The van der Waals surface area contributed by atoms with E-state index in [2.05, 4.69) is 16.3 Å². The van der Waals surface area contributed by atoms with E-state index in [1.54, 1.807) is 26.8 Å². The van der Waals surface area contributed by atoms with Gasteiger partial charge in [0.2, 0.25) is 5.88 Å². The number of nitrogens with zero attached hydrogens (tertiary/aromatic N) is 1. The monoisotopic (exact) mass is 343 g/mol. The van der Waals surface area contributed by atoms with Crippen LogP contribution in [-0.2, 0) is 14.3 Å². The molecule has 1 aliphatic rings. The highest BCUT2D eigenvalue weighted by molar-refractivity contribution is 5.97. The third-order valence-corrected chi connectivity index (χ3v) is 3.29. The zero-order valence-electron chi connectivity index (χ0n) is 14.8. The molecule has 0 radical (unpaired) electrons. The van der Waals surface area contributed by atoms with Gasteiger partial charge < -0.3 is 14.2 Å². The maximum absolute atomic E-state index is 11.9. The van der Waals surface area contributed by atoms with Crippen LogP contribution in [0.2, 0.25) is 0 Å². The summed E-state index contributed by atoms with van der Waals surface area (Å²) < 4.78 is 15.2. The third-order valence-electron chi connectivity index (χ3n) is 3.29. The molecule has 0 N–H and O–H groups in total. The zero-order valence-corrected chi connectivity index (χ0v) is 14.8. The van der Waals surface area contributed by atoms with Crippen molar-refractivity contribution in [2.45, 2.75) is 33.5 Å². The first-order valence-electron chi connectivity index (χ1n) is 7.88. The number of hydrogen-bond acceptors (Lipinski definition) is 6. The molecule has 132 valence electrons. The lowest BCUT2D eigenvalue weighted by molar-refractivity contribution is -0.137. The van der Waals surface area contributed by atoms with E-state index in [0.29, 0.717) is 18.1 Å². The van der Waals surface area contributed by atoms with E-state index in [4.69, 9.17) is 9.47 Å². The molecule has 0 spiro atoms. The van der Waals surface area contributed by atoms with Gasteiger partial charge in [0.05, 0.1) is 12.1 Å². The van der Waals surface area contributed by atoms with Gasteiger partial charge in [-0.2, -0.15) is 0 Å². The van der Waals surface area contributed by atoms with E-state index in [0.717, 1.165) is 22.5 Å². The van der Waals surface area contributed by atoms with E-state index >= 15 is 0 Å². The van der Waals surface area contributed by atoms with Gasteiger partial charge in [0, 0.05) is 25.3 Å². The predicted octanol–water partition coefficient (Wildman–Crippen LogP) is 3.56. The van der Waals surface area contributed by atoms with Crippen molar-refractivity contribution in [1.82, 2.24) is 4.98 Å². The average Bonchev–Trinajstić information content (AvgIpc) is 2.53. The fourth-order valence-corrected chi connectivity index (χ4v) is 2.24. The molecule has 2 heterocycles. The number of rotatable bonds is 2. The van der Waals surface area contributed by atoms with Gasteiger partial charge in [0.25, 0.3) is 5.79 Å². The Morgan fingerprint density at radius 1 is 1.32 bits per heavy atom. The Morgan fingerprint density at radius 2 is 2.04 bits per heavy atom. The number of benzene rings is 1. The molecular weight excluding hydrogens is 322 g/mol. The van der Waals surface area contributed by atoms with Gasteiger partial charge in [-0.25, -0.2) is 14.6 Å². The molecular formula is C19H21NO5.